The lowest BCUT2D eigenvalue weighted by Crippen LogP contribution is -2.31. The number of esters is 1. The minimum atomic E-state index is -0.707. The van der Waals surface area contributed by atoms with Crippen molar-refractivity contribution in [3.63, 3.8) is 0 Å². The van der Waals surface area contributed by atoms with E-state index in [1.54, 1.807) is 18.2 Å². The van der Waals surface area contributed by atoms with Crippen molar-refractivity contribution in [2.75, 3.05) is 16.8 Å². The third kappa shape index (κ3) is 5.16. The third-order valence-corrected chi connectivity index (χ3v) is 7.17. The number of carbonyl (C=O) groups excluding carboxylic acids is 4. The maximum Gasteiger partial charge on any atom is 0.338 e. The standard InChI is InChI=1S/C30H28N2O5/c1-19-7-5-11-23(15-19)31-27(33)18-37-30(36)22-10-6-12-24(16-22)32-28(34)25-14-13-21(17-26(25)29(32)35)20-8-3-2-4-9-20/h2-12,15-16,21,25-26H,13-14,17-18H2,1H3,(H,31,33)/t21-,25-,26+/m1/s1. The van der Waals surface area contributed by atoms with Crippen molar-refractivity contribution < 1.29 is 23.9 Å². The lowest BCUT2D eigenvalue weighted by molar-refractivity contribution is -0.122. The minimum absolute atomic E-state index is 0.165. The summed E-state index contributed by atoms with van der Waals surface area (Å²) in [6.07, 6.45) is 2.14. The lowest BCUT2D eigenvalue weighted by Gasteiger charge is -2.28. The van der Waals surface area contributed by atoms with E-state index in [9.17, 15) is 19.2 Å². The van der Waals surface area contributed by atoms with Crippen LogP contribution in [0, 0.1) is 18.8 Å². The molecular weight excluding hydrogens is 468 g/mol. The molecule has 1 saturated carbocycles. The molecule has 2 aliphatic rings. The molecule has 3 amide bonds. The predicted octanol–water partition coefficient (Wildman–Crippen LogP) is 4.86. The number of hydrogen-bond donors (Lipinski definition) is 1. The van der Waals surface area contributed by atoms with E-state index in [4.69, 9.17) is 4.74 Å². The van der Waals surface area contributed by atoms with Crippen LogP contribution in [0.25, 0.3) is 0 Å². The van der Waals surface area contributed by atoms with Gasteiger partial charge in [-0.25, -0.2) is 4.79 Å². The number of nitrogens with zero attached hydrogens (tertiary/aromatic N) is 1. The van der Waals surface area contributed by atoms with Crippen LogP contribution in [0.3, 0.4) is 0 Å². The molecule has 2 fully saturated rings. The normalized spacial score (nSPS) is 20.9. The van der Waals surface area contributed by atoms with Gasteiger partial charge in [-0.3, -0.25) is 19.3 Å². The number of imide groups is 1. The topological polar surface area (TPSA) is 92.8 Å². The molecule has 0 unspecified atom stereocenters. The van der Waals surface area contributed by atoms with Crippen LogP contribution in [0.5, 0.6) is 0 Å². The number of rotatable bonds is 6. The van der Waals surface area contributed by atoms with E-state index in [0.29, 0.717) is 24.2 Å². The third-order valence-electron chi connectivity index (χ3n) is 7.17. The molecule has 1 aliphatic heterocycles. The summed E-state index contributed by atoms with van der Waals surface area (Å²) in [6.45, 7) is 1.46. The fourth-order valence-electron chi connectivity index (χ4n) is 5.37. The molecule has 1 saturated heterocycles. The molecule has 0 aromatic heterocycles. The number of ether oxygens (including phenoxy) is 1. The summed E-state index contributed by atoms with van der Waals surface area (Å²) in [5, 5.41) is 2.69. The fourth-order valence-corrected chi connectivity index (χ4v) is 5.37. The van der Waals surface area contributed by atoms with Crippen LogP contribution in [0.1, 0.15) is 46.7 Å². The van der Waals surface area contributed by atoms with Crippen LogP contribution >= 0.6 is 0 Å². The maximum absolute atomic E-state index is 13.4. The zero-order valence-electron chi connectivity index (χ0n) is 20.6. The van der Waals surface area contributed by atoms with Crippen LogP contribution in [0.2, 0.25) is 0 Å². The monoisotopic (exact) mass is 496 g/mol. The number of hydrogen-bond acceptors (Lipinski definition) is 5. The molecule has 0 bridgehead atoms. The summed E-state index contributed by atoms with van der Waals surface area (Å²) in [5.74, 6) is -2.07. The Morgan fingerprint density at radius 2 is 1.65 bits per heavy atom. The Morgan fingerprint density at radius 3 is 2.43 bits per heavy atom. The van der Waals surface area contributed by atoms with E-state index in [1.165, 1.54) is 22.6 Å². The number of carbonyl (C=O) groups is 4. The highest BCUT2D eigenvalue weighted by atomic mass is 16.5. The largest absolute Gasteiger partial charge is 0.452 e. The van der Waals surface area contributed by atoms with Gasteiger partial charge >= 0.3 is 5.97 Å². The predicted molar refractivity (Wildman–Crippen MR) is 139 cm³/mol. The van der Waals surface area contributed by atoms with E-state index in [2.05, 4.69) is 17.4 Å². The molecule has 3 aromatic carbocycles. The zero-order chi connectivity index (χ0) is 25.9. The zero-order valence-corrected chi connectivity index (χ0v) is 20.6. The van der Waals surface area contributed by atoms with Gasteiger partial charge in [0, 0.05) is 5.69 Å². The van der Waals surface area contributed by atoms with E-state index < -0.39 is 18.5 Å². The minimum Gasteiger partial charge on any atom is -0.452 e. The van der Waals surface area contributed by atoms with Gasteiger partial charge in [-0.05, 0) is 73.6 Å². The Kier molecular flexibility index (Phi) is 6.86. The highest BCUT2D eigenvalue weighted by molar-refractivity contribution is 6.22. The van der Waals surface area contributed by atoms with Gasteiger partial charge in [-0.1, -0.05) is 48.5 Å². The average molecular weight is 497 g/mol. The van der Waals surface area contributed by atoms with Crippen molar-refractivity contribution >= 4 is 35.1 Å². The van der Waals surface area contributed by atoms with Crippen molar-refractivity contribution in [3.05, 3.63) is 95.6 Å². The molecule has 1 heterocycles. The Balaban J connectivity index is 1.24. The number of benzene rings is 3. The summed E-state index contributed by atoms with van der Waals surface area (Å²) < 4.78 is 5.18. The van der Waals surface area contributed by atoms with E-state index in [-0.39, 0.29) is 35.1 Å². The fraction of sp³-hybridized carbons (Fsp3) is 0.267. The lowest BCUT2D eigenvalue weighted by atomic mass is 9.73. The number of anilines is 2. The molecule has 1 N–H and O–H groups in total. The van der Waals surface area contributed by atoms with Gasteiger partial charge in [0.05, 0.1) is 23.1 Å². The molecule has 3 aromatic rings. The Bertz CT molecular complexity index is 1350. The van der Waals surface area contributed by atoms with Gasteiger partial charge in [0.15, 0.2) is 6.61 Å². The van der Waals surface area contributed by atoms with Gasteiger partial charge in [0.25, 0.3) is 5.91 Å². The van der Waals surface area contributed by atoms with Gasteiger partial charge in [-0.15, -0.1) is 0 Å². The van der Waals surface area contributed by atoms with Crippen molar-refractivity contribution in [1.29, 1.82) is 0 Å². The van der Waals surface area contributed by atoms with Gasteiger partial charge < -0.3 is 10.1 Å². The summed E-state index contributed by atoms with van der Waals surface area (Å²) >= 11 is 0. The molecule has 188 valence electrons. The van der Waals surface area contributed by atoms with Crippen LogP contribution in [-0.4, -0.2) is 30.3 Å². The summed E-state index contributed by atoms with van der Waals surface area (Å²) in [5.41, 5.74) is 3.31. The first-order valence-electron chi connectivity index (χ1n) is 12.5. The first kappa shape index (κ1) is 24.4. The molecular formula is C30H28N2O5. The van der Waals surface area contributed by atoms with Crippen molar-refractivity contribution in [3.8, 4) is 0 Å². The Labute approximate surface area is 215 Å². The average Bonchev–Trinajstić information content (AvgIpc) is 3.17. The molecule has 0 radical (unpaired) electrons. The van der Waals surface area contributed by atoms with Gasteiger partial charge in [0.1, 0.15) is 0 Å². The molecule has 7 heteroatoms. The smallest absolute Gasteiger partial charge is 0.338 e. The number of nitrogens with one attached hydrogen (secondary N) is 1. The van der Waals surface area contributed by atoms with Crippen LogP contribution in [-0.2, 0) is 19.1 Å². The second-order valence-corrected chi connectivity index (χ2v) is 9.69. The SMILES string of the molecule is Cc1cccc(NC(=O)COC(=O)c2cccc(N3C(=O)[C@H]4C[C@H](c5ccccc5)CC[C@H]4C3=O)c2)c1. The summed E-state index contributed by atoms with van der Waals surface area (Å²) in [4.78, 5) is 52.6. The molecule has 3 atom stereocenters. The van der Waals surface area contributed by atoms with Crippen LogP contribution < -0.4 is 10.2 Å². The molecule has 37 heavy (non-hydrogen) atoms. The first-order valence-corrected chi connectivity index (χ1v) is 12.5. The molecule has 1 aliphatic carbocycles. The quantitative estimate of drug-likeness (QED) is 0.389. The first-order chi connectivity index (χ1) is 17.9. The maximum atomic E-state index is 13.4. The number of fused-ring (bicyclic) bond motifs is 1. The molecule has 5 rings (SSSR count). The van der Waals surface area contributed by atoms with Gasteiger partial charge in [-0.2, -0.15) is 0 Å². The van der Waals surface area contributed by atoms with Crippen LogP contribution in [0.15, 0.2) is 78.9 Å². The summed E-state index contributed by atoms with van der Waals surface area (Å²) in [7, 11) is 0. The van der Waals surface area contributed by atoms with Crippen molar-refractivity contribution in [1.82, 2.24) is 0 Å². The second kappa shape index (κ2) is 10.4. The van der Waals surface area contributed by atoms with E-state index >= 15 is 0 Å². The molecule has 0 spiro atoms. The van der Waals surface area contributed by atoms with E-state index in [0.717, 1.165) is 12.0 Å². The van der Waals surface area contributed by atoms with Gasteiger partial charge in [0.2, 0.25) is 11.8 Å². The Morgan fingerprint density at radius 1 is 0.892 bits per heavy atom. The van der Waals surface area contributed by atoms with Crippen molar-refractivity contribution in [2.45, 2.75) is 32.1 Å². The number of amides is 3. The highest BCUT2D eigenvalue weighted by Crippen LogP contribution is 2.45. The summed E-state index contributed by atoms with van der Waals surface area (Å²) in [6, 6.07) is 23.6. The second-order valence-electron chi connectivity index (χ2n) is 9.69. The Hall–Kier alpha value is -4.26. The van der Waals surface area contributed by atoms with Crippen LogP contribution in [0.4, 0.5) is 11.4 Å². The van der Waals surface area contributed by atoms with Crippen molar-refractivity contribution in [2.24, 2.45) is 11.8 Å². The highest BCUT2D eigenvalue weighted by Gasteiger charge is 2.50. The molecule has 7 nitrogen and oxygen atoms in total. The van der Waals surface area contributed by atoms with E-state index in [1.807, 2.05) is 43.3 Å². The number of aryl methyl sites for hydroxylation is 1.